The third-order valence-corrected chi connectivity index (χ3v) is 8.53. The van der Waals surface area contributed by atoms with Crippen LogP contribution in [0.2, 0.25) is 5.15 Å². The number of hydrogen-bond donors (Lipinski definition) is 1. The standard InChI is InChI=1S/C22H20N6.C13H11N.C9H10ClN5.2CH4/c1-16(2)22-25-26-27-28(22)20-15-9-14-19(23-20)24-21(17-10-5-3-6-11-17)18-12-7-4-8-13-18;14-13(11-7-3-1-4-8-11)12-9-5-2-6-10-12;1-6(2)9-12-13-14-15(9)8-5-3-4-7(10)11-8;;/h3-16H,1-2H3;1-10,14H;3-6H,1-2H3;2*1H4. The molecule has 0 amide bonds. The lowest BCUT2D eigenvalue weighted by molar-refractivity contribution is 0.697. The summed E-state index contributed by atoms with van der Waals surface area (Å²) < 4.78 is 3.25. The van der Waals surface area contributed by atoms with Crippen molar-refractivity contribution in [2.24, 2.45) is 4.99 Å². The van der Waals surface area contributed by atoms with Gasteiger partial charge < -0.3 is 0 Å². The van der Waals surface area contributed by atoms with Crippen molar-refractivity contribution in [3.05, 3.63) is 197 Å². The monoisotopic (exact) mass is 804 g/mol. The molecule has 0 saturated heterocycles. The summed E-state index contributed by atoms with van der Waals surface area (Å²) in [7, 11) is 0. The summed E-state index contributed by atoms with van der Waals surface area (Å²) in [5.41, 5.74) is 5.42. The van der Waals surface area contributed by atoms with E-state index in [0.717, 1.165) is 39.6 Å². The topological polar surface area (TPSA) is 149 Å². The lowest BCUT2D eigenvalue weighted by Gasteiger charge is -2.09. The number of nitrogens with one attached hydrogen (secondary N) is 1. The Hall–Kier alpha value is -7.05. The summed E-state index contributed by atoms with van der Waals surface area (Å²) in [4.78, 5) is 13.7. The Morgan fingerprint density at radius 1 is 0.508 bits per heavy atom. The molecule has 4 aromatic carbocycles. The van der Waals surface area contributed by atoms with E-state index in [9.17, 15) is 0 Å². The van der Waals surface area contributed by atoms with Crippen LogP contribution in [0.4, 0.5) is 5.82 Å². The van der Waals surface area contributed by atoms with Crippen LogP contribution in [0.3, 0.4) is 0 Å². The fourth-order valence-corrected chi connectivity index (χ4v) is 5.68. The molecule has 0 atom stereocenters. The number of benzene rings is 4. The molecule has 0 fully saturated rings. The smallest absolute Gasteiger partial charge is 0.161 e. The fourth-order valence-electron chi connectivity index (χ4n) is 5.52. The van der Waals surface area contributed by atoms with Gasteiger partial charge in [-0.05, 0) is 56.2 Å². The number of nitrogens with zero attached hydrogens (tertiary/aromatic N) is 11. The fraction of sp³-hybridized carbons (Fsp3) is 0.174. The largest absolute Gasteiger partial charge is 0.300 e. The summed E-state index contributed by atoms with van der Waals surface area (Å²) in [6.45, 7) is 8.14. The van der Waals surface area contributed by atoms with E-state index in [2.05, 4.69) is 41.0 Å². The van der Waals surface area contributed by atoms with Gasteiger partial charge in [-0.2, -0.15) is 9.36 Å². The van der Waals surface area contributed by atoms with E-state index in [0.29, 0.717) is 28.3 Å². The molecular formula is C46H49ClN12. The van der Waals surface area contributed by atoms with Crippen molar-refractivity contribution in [2.75, 3.05) is 0 Å². The molecule has 59 heavy (non-hydrogen) atoms. The maximum atomic E-state index is 7.97. The van der Waals surface area contributed by atoms with Crippen LogP contribution in [0.5, 0.6) is 0 Å². The molecule has 8 rings (SSSR count). The predicted octanol–water partition coefficient (Wildman–Crippen LogP) is 10.6. The van der Waals surface area contributed by atoms with Crippen LogP contribution in [0, 0.1) is 5.41 Å². The highest BCUT2D eigenvalue weighted by Crippen LogP contribution is 2.20. The maximum absolute atomic E-state index is 7.97. The minimum atomic E-state index is 0. The van der Waals surface area contributed by atoms with Crippen molar-refractivity contribution < 1.29 is 0 Å². The van der Waals surface area contributed by atoms with Gasteiger partial charge in [0.15, 0.2) is 29.1 Å². The van der Waals surface area contributed by atoms with Gasteiger partial charge in [-0.3, -0.25) is 5.41 Å². The Bertz CT molecular complexity index is 2420. The Morgan fingerprint density at radius 2 is 0.898 bits per heavy atom. The third kappa shape index (κ3) is 12.0. The number of aliphatic imine (C=N–C) groups is 1. The van der Waals surface area contributed by atoms with E-state index in [1.54, 1.807) is 15.4 Å². The zero-order valence-electron chi connectivity index (χ0n) is 32.0. The van der Waals surface area contributed by atoms with E-state index in [1.165, 1.54) is 0 Å². The second-order valence-electron chi connectivity index (χ2n) is 13.2. The molecule has 0 unspecified atom stereocenters. The quantitative estimate of drug-likeness (QED) is 0.112. The molecule has 0 aliphatic heterocycles. The normalized spacial score (nSPS) is 10.2. The summed E-state index contributed by atoms with van der Waals surface area (Å²) in [6, 6.07) is 50.8. The predicted molar refractivity (Wildman–Crippen MR) is 238 cm³/mol. The third-order valence-electron chi connectivity index (χ3n) is 8.32. The SMILES string of the molecule is C.C.CC(C)c1nnnn1-c1cccc(Cl)n1.CC(C)c1nnnn1-c1cccc(N=C(c2ccccc2)c2ccccc2)n1.N=C(c1ccccc1)c1ccccc1. The van der Waals surface area contributed by atoms with Crippen LogP contribution in [0.25, 0.3) is 11.6 Å². The van der Waals surface area contributed by atoms with E-state index < -0.39 is 0 Å². The summed E-state index contributed by atoms with van der Waals surface area (Å²) >= 11 is 5.80. The minimum Gasteiger partial charge on any atom is -0.300 e. The molecule has 4 heterocycles. The van der Waals surface area contributed by atoms with Crippen LogP contribution >= 0.6 is 11.6 Å². The van der Waals surface area contributed by atoms with Gasteiger partial charge in [-0.25, -0.2) is 15.0 Å². The number of pyridine rings is 2. The summed E-state index contributed by atoms with van der Waals surface area (Å²) in [6.07, 6.45) is 0. The van der Waals surface area contributed by atoms with Gasteiger partial charge in [0.2, 0.25) is 0 Å². The molecule has 0 spiro atoms. The molecule has 13 heteroatoms. The highest BCUT2D eigenvalue weighted by Gasteiger charge is 2.15. The molecule has 4 aromatic heterocycles. The highest BCUT2D eigenvalue weighted by atomic mass is 35.5. The lowest BCUT2D eigenvalue weighted by atomic mass is 10.0. The van der Waals surface area contributed by atoms with Crippen LogP contribution < -0.4 is 0 Å². The first kappa shape index (κ1) is 44.7. The van der Waals surface area contributed by atoms with Crippen molar-refractivity contribution >= 4 is 28.8 Å². The van der Waals surface area contributed by atoms with Gasteiger partial charge in [-0.15, -0.1) is 10.2 Å². The van der Waals surface area contributed by atoms with Crippen molar-refractivity contribution in [3.63, 3.8) is 0 Å². The van der Waals surface area contributed by atoms with Crippen molar-refractivity contribution in [1.29, 1.82) is 5.41 Å². The molecule has 8 aromatic rings. The molecule has 300 valence electrons. The second-order valence-corrected chi connectivity index (χ2v) is 13.6. The van der Waals surface area contributed by atoms with Gasteiger partial charge in [0.05, 0.1) is 11.4 Å². The van der Waals surface area contributed by atoms with Crippen LogP contribution in [-0.4, -0.2) is 61.8 Å². The van der Waals surface area contributed by atoms with Crippen molar-refractivity contribution in [2.45, 2.75) is 54.4 Å². The lowest BCUT2D eigenvalue weighted by Crippen LogP contribution is -2.07. The van der Waals surface area contributed by atoms with Crippen molar-refractivity contribution in [1.82, 2.24) is 50.4 Å². The van der Waals surface area contributed by atoms with Gasteiger partial charge in [0.1, 0.15) is 5.15 Å². The number of aromatic nitrogens is 10. The molecule has 0 bridgehead atoms. The number of hydrogen-bond acceptors (Lipinski definition) is 10. The van der Waals surface area contributed by atoms with Crippen molar-refractivity contribution in [3.8, 4) is 11.6 Å². The van der Waals surface area contributed by atoms with E-state index in [-0.39, 0.29) is 26.7 Å². The summed E-state index contributed by atoms with van der Waals surface area (Å²) in [5, 5.41) is 31.8. The average molecular weight is 805 g/mol. The van der Waals surface area contributed by atoms with Crippen LogP contribution in [0.1, 0.15) is 88.3 Å². The zero-order chi connectivity index (χ0) is 40.0. The van der Waals surface area contributed by atoms with Gasteiger partial charge in [-0.1, -0.05) is 188 Å². The molecule has 0 aliphatic rings. The first-order valence-electron chi connectivity index (χ1n) is 18.3. The Balaban J connectivity index is 0.000000210. The molecule has 12 nitrogen and oxygen atoms in total. The van der Waals surface area contributed by atoms with Gasteiger partial charge >= 0.3 is 0 Å². The average Bonchev–Trinajstić information content (AvgIpc) is 3.97. The molecule has 0 aliphatic carbocycles. The second kappa shape index (κ2) is 22.0. The number of halogens is 1. The van der Waals surface area contributed by atoms with Gasteiger partial charge in [0, 0.05) is 23.0 Å². The van der Waals surface area contributed by atoms with Gasteiger partial charge in [0.25, 0.3) is 0 Å². The molecule has 0 saturated carbocycles. The van der Waals surface area contributed by atoms with E-state index >= 15 is 0 Å². The molecule has 0 radical (unpaired) electrons. The highest BCUT2D eigenvalue weighted by molar-refractivity contribution is 6.29. The number of rotatable bonds is 9. The Kier molecular flexibility index (Phi) is 16.7. The number of tetrazole rings is 2. The van der Waals surface area contributed by atoms with E-state index in [1.807, 2.05) is 179 Å². The maximum Gasteiger partial charge on any atom is 0.161 e. The summed E-state index contributed by atoms with van der Waals surface area (Å²) in [5.74, 6) is 3.84. The van der Waals surface area contributed by atoms with Crippen LogP contribution in [0.15, 0.2) is 163 Å². The first-order chi connectivity index (χ1) is 27.8. The zero-order valence-corrected chi connectivity index (χ0v) is 32.7. The molecular weight excluding hydrogens is 756 g/mol. The Labute approximate surface area is 351 Å². The van der Waals surface area contributed by atoms with E-state index in [4.69, 9.17) is 22.0 Å². The molecule has 1 N–H and O–H groups in total. The first-order valence-corrected chi connectivity index (χ1v) is 18.7. The van der Waals surface area contributed by atoms with Crippen LogP contribution in [-0.2, 0) is 0 Å². The Morgan fingerprint density at radius 3 is 1.31 bits per heavy atom. The minimum absolute atomic E-state index is 0.